The fourth-order valence-corrected chi connectivity index (χ4v) is 5.14. The molecule has 1 saturated carbocycles. The van der Waals surface area contributed by atoms with Gasteiger partial charge in [0.2, 0.25) is 0 Å². The summed E-state index contributed by atoms with van der Waals surface area (Å²) in [5.41, 5.74) is 0. The number of esters is 1. The minimum atomic E-state index is -3.60. The van der Waals surface area contributed by atoms with Crippen LogP contribution in [0.1, 0.15) is 51.4 Å². The summed E-state index contributed by atoms with van der Waals surface area (Å²) in [7, 11) is -0.641. The summed E-state index contributed by atoms with van der Waals surface area (Å²) in [6.45, 7) is 0.402. The number of methoxy groups -OCH3 is 1. The summed E-state index contributed by atoms with van der Waals surface area (Å²) in [4.78, 5) is 11.9. The Kier molecular flexibility index (Phi) is 5.62. The van der Waals surface area contributed by atoms with Gasteiger partial charge in [-0.05, 0) is 32.1 Å². The molecular formula is C14H26N2O4S. The normalized spacial score (nSPS) is 26.0. The molecule has 0 amide bonds. The Balaban J connectivity index is 2.17. The van der Waals surface area contributed by atoms with E-state index in [1.807, 2.05) is 0 Å². The quantitative estimate of drug-likeness (QED) is 0.737. The molecule has 2 aliphatic rings. The topological polar surface area (TPSA) is 66.9 Å². The Hall–Kier alpha value is -0.660. The van der Waals surface area contributed by atoms with E-state index >= 15 is 0 Å². The van der Waals surface area contributed by atoms with Crippen molar-refractivity contribution in [1.29, 1.82) is 0 Å². The highest BCUT2D eigenvalue weighted by Gasteiger charge is 2.41. The molecule has 2 fully saturated rings. The molecule has 0 aromatic heterocycles. The van der Waals surface area contributed by atoms with Gasteiger partial charge in [-0.15, -0.1) is 0 Å². The third-order valence-corrected chi connectivity index (χ3v) is 6.73. The second-order valence-corrected chi connectivity index (χ2v) is 7.90. The monoisotopic (exact) mass is 318 g/mol. The Morgan fingerprint density at radius 3 is 2.33 bits per heavy atom. The summed E-state index contributed by atoms with van der Waals surface area (Å²) in [5, 5.41) is 0. The first-order valence-corrected chi connectivity index (χ1v) is 9.21. The van der Waals surface area contributed by atoms with Crippen LogP contribution >= 0.6 is 0 Å². The maximum atomic E-state index is 12.9. The van der Waals surface area contributed by atoms with E-state index in [4.69, 9.17) is 4.74 Å². The molecule has 0 N–H and O–H groups in total. The van der Waals surface area contributed by atoms with Crippen molar-refractivity contribution in [2.45, 2.75) is 63.5 Å². The van der Waals surface area contributed by atoms with Crippen LogP contribution in [0.2, 0.25) is 0 Å². The molecule has 1 heterocycles. The lowest BCUT2D eigenvalue weighted by molar-refractivity contribution is -0.146. The van der Waals surface area contributed by atoms with Crippen LogP contribution in [0.5, 0.6) is 0 Å². The summed E-state index contributed by atoms with van der Waals surface area (Å²) >= 11 is 0. The predicted molar refractivity (Wildman–Crippen MR) is 79.9 cm³/mol. The van der Waals surface area contributed by atoms with Crippen LogP contribution in [0.4, 0.5) is 0 Å². The first-order valence-electron chi connectivity index (χ1n) is 7.81. The lowest BCUT2D eigenvalue weighted by atomic mass is 9.96. The molecule has 0 aromatic rings. The molecule has 122 valence electrons. The molecule has 21 heavy (non-hydrogen) atoms. The molecule has 1 aliphatic heterocycles. The molecule has 1 atom stereocenters. The maximum Gasteiger partial charge on any atom is 0.324 e. The van der Waals surface area contributed by atoms with Gasteiger partial charge in [0.15, 0.2) is 0 Å². The molecule has 0 aromatic carbocycles. The number of rotatable bonds is 4. The summed E-state index contributed by atoms with van der Waals surface area (Å²) in [6, 6.07) is -0.608. The van der Waals surface area contributed by atoms with Gasteiger partial charge in [0.1, 0.15) is 6.04 Å². The van der Waals surface area contributed by atoms with Gasteiger partial charge in [-0.25, -0.2) is 0 Å². The average molecular weight is 318 g/mol. The van der Waals surface area contributed by atoms with E-state index < -0.39 is 22.2 Å². The minimum Gasteiger partial charge on any atom is -0.468 e. The van der Waals surface area contributed by atoms with Crippen molar-refractivity contribution in [1.82, 2.24) is 8.61 Å². The third-order valence-electron chi connectivity index (χ3n) is 4.68. The largest absolute Gasteiger partial charge is 0.468 e. The number of carbonyl (C=O) groups is 1. The zero-order valence-corrected chi connectivity index (χ0v) is 13.8. The fourth-order valence-electron chi connectivity index (χ4n) is 3.35. The Labute approximate surface area is 127 Å². The van der Waals surface area contributed by atoms with Crippen LogP contribution in [-0.4, -0.2) is 55.8 Å². The van der Waals surface area contributed by atoms with Crippen molar-refractivity contribution in [3.63, 3.8) is 0 Å². The van der Waals surface area contributed by atoms with Gasteiger partial charge in [0.05, 0.1) is 7.11 Å². The van der Waals surface area contributed by atoms with Crippen molar-refractivity contribution in [2.75, 3.05) is 20.7 Å². The fraction of sp³-hybridized carbons (Fsp3) is 0.929. The smallest absolute Gasteiger partial charge is 0.324 e. The van der Waals surface area contributed by atoms with E-state index in [-0.39, 0.29) is 6.04 Å². The lowest BCUT2D eigenvalue weighted by Gasteiger charge is -2.38. The summed E-state index contributed by atoms with van der Waals surface area (Å²) in [5.74, 6) is -0.449. The van der Waals surface area contributed by atoms with Gasteiger partial charge in [-0.1, -0.05) is 19.3 Å². The van der Waals surface area contributed by atoms with E-state index in [1.165, 1.54) is 22.1 Å². The second kappa shape index (κ2) is 7.07. The van der Waals surface area contributed by atoms with Crippen molar-refractivity contribution < 1.29 is 17.9 Å². The molecular weight excluding hydrogens is 292 g/mol. The predicted octanol–water partition coefficient (Wildman–Crippen LogP) is 1.52. The van der Waals surface area contributed by atoms with Crippen molar-refractivity contribution in [3.8, 4) is 0 Å². The zero-order chi connectivity index (χ0) is 15.5. The number of carbonyl (C=O) groups excluding carboxylic acids is 1. The molecule has 2 rings (SSSR count). The molecule has 0 unspecified atom stereocenters. The SMILES string of the molecule is COC(=O)[C@H]1CCCCN1S(=O)(=O)N(C)C1CCCCC1. The second-order valence-electron chi connectivity index (χ2n) is 5.96. The zero-order valence-electron chi connectivity index (χ0n) is 13.0. The van der Waals surface area contributed by atoms with E-state index in [9.17, 15) is 13.2 Å². The third kappa shape index (κ3) is 3.57. The van der Waals surface area contributed by atoms with Crippen LogP contribution in [0, 0.1) is 0 Å². The van der Waals surface area contributed by atoms with E-state index in [1.54, 1.807) is 7.05 Å². The molecule has 7 heteroatoms. The van der Waals surface area contributed by atoms with Gasteiger partial charge in [0.25, 0.3) is 10.2 Å². The maximum absolute atomic E-state index is 12.9. The number of hydrogen-bond donors (Lipinski definition) is 0. The van der Waals surface area contributed by atoms with Gasteiger partial charge in [0, 0.05) is 19.6 Å². The number of nitrogens with zero attached hydrogens (tertiary/aromatic N) is 2. The van der Waals surface area contributed by atoms with Crippen LogP contribution in [-0.2, 0) is 19.7 Å². The van der Waals surface area contributed by atoms with Crippen LogP contribution in [0.3, 0.4) is 0 Å². The van der Waals surface area contributed by atoms with Crippen molar-refractivity contribution >= 4 is 16.2 Å². The lowest BCUT2D eigenvalue weighted by Crippen LogP contribution is -2.54. The Morgan fingerprint density at radius 1 is 1.10 bits per heavy atom. The van der Waals surface area contributed by atoms with Crippen molar-refractivity contribution in [3.05, 3.63) is 0 Å². The first-order chi connectivity index (χ1) is 9.98. The van der Waals surface area contributed by atoms with Crippen LogP contribution in [0.15, 0.2) is 0 Å². The molecule has 1 saturated heterocycles. The molecule has 0 spiro atoms. The number of hydrogen-bond acceptors (Lipinski definition) is 4. The Bertz CT molecular complexity index is 460. The first kappa shape index (κ1) is 16.7. The van der Waals surface area contributed by atoms with Gasteiger partial charge in [-0.3, -0.25) is 4.79 Å². The van der Waals surface area contributed by atoms with Crippen LogP contribution < -0.4 is 0 Å². The standard InChI is InChI=1S/C14H26N2O4S/c1-15(12-8-4-3-5-9-12)21(18,19)16-11-7-6-10-13(16)14(17)20-2/h12-13H,3-11H2,1-2H3/t13-/m1/s1. The number of ether oxygens (including phenoxy) is 1. The minimum absolute atomic E-state index is 0.0592. The molecule has 0 radical (unpaired) electrons. The molecule has 1 aliphatic carbocycles. The van der Waals surface area contributed by atoms with E-state index in [2.05, 4.69) is 0 Å². The van der Waals surface area contributed by atoms with Gasteiger partial charge in [-0.2, -0.15) is 17.0 Å². The molecule has 6 nitrogen and oxygen atoms in total. The highest BCUT2D eigenvalue weighted by Crippen LogP contribution is 2.28. The van der Waals surface area contributed by atoms with Gasteiger partial charge >= 0.3 is 5.97 Å². The van der Waals surface area contributed by atoms with Crippen molar-refractivity contribution in [2.24, 2.45) is 0 Å². The Morgan fingerprint density at radius 2 is 1.71 bits per heavy atom. The average Bonchev–Trinajstić information content (AvgIpc) is 2.54. The van der Waals surface area contributed by atoms with E-state index in [0.29, 0.717) is 13.0 Å². The molecule has 0 bridgehead atoms. The van der Waals surface area contributed by atoms with Gasteiger partial charge < -0.3 is 4.74 Å². The highest BCUT2D eigenvalue weighted by molar-refractivity contribution is 7.86. The summed E-state index contributed by atoms with van der Waals surface area (Å²) in [6.07, 6.45) is 7.35. The number of piperidine rings is 1. The van der Waals surface area contributed by atoms with Crippen LogP contribution in [0.25, 0.3) is 0 Å². The van der Waals surface area contributed by atoms with E-state index in [0.717, 1.165) is 38.5 Å². The highest BCUT2D eigenvalue weighted by atomic mass is 32.2. The summed E-state index contributed by atoms with van der Waals surface area (Å²) < 4.78 is 33.3.